The fourth-order valence-corrected chi connectivity index (χ4v) is 3.25. The number of carbonyl (C=O) groups is 1. The Morgan fingerprint density at radius 2 is 2.29 bits per heavy atom. The van der Waals surface area contributed by atoms with Crippen molar-refractivity contribution in [2.75, 3.05) is 29.9 Å². The molecule has 7 heteroatoms. The molecular formula is C14H17N3O4. The van der Waals surface area contributed by atoms with Crippen LogP contribution in [0.5, 0.6) is 0 Å². The Hall–Kier alpha value is -2.31. The van der Waals surface area contributed by atoms with E-state index in [-0.39, 0.29) is 10.6 Å². The van der Waals surface area contributed by atoms with Gasteiger partial charge in [0, 0.05) is 37.0 Å². The number of aliphatic carboxylic acids is 1. The molecule has 2 aliphatic rings. The van der Waals surface area contributed by atoms with Crippen LogP contribution in [0.25, 0.3) is 0 Å². The first-order valence-electron chi connectivity index (χ1n) is 7.10. The number of anilines is 2. The van der Waals surface area contributed by atoms with Gasteiger partial charge in [0.2, 0.25) is 0 Å². The first-order valence-corrected chi connectivity index (χ1v) is 7.10. The van der Waals surface area contributed by atoms with Gasteiger partial charge in [0.05, 0.1) is 10.8 Å². The smallest absolute Gasteiger partial charge is 0.308 e. The molecule has 0 spiro atoms. The predicted molar refractivity (Wildman–Crippen MR) is 77.9 cm³/mol. The molecule has 0 amide bonds. The molecular weight excluding hydrogens is 274 g/mol. The van der Waals surface area contributed by atoms with Gasteiger partial charge in [0.25, 0.3) is 5.69 Å². The number of hydrogen-bond donors (Lipinski definition) is 2. The molecule has 1 fully saturated rings. The fourth-order valence-electron chi connectivity index (χ4n) is 3.25. The Kier molecular flexibility index (Phi) is 3.40. The number of hydrogen-bond acceptors (Lipinski definition) is 5. The van der Waals surface area contributed by atoms with Gasteiger partial charge in [-0.05, 0) is 25.3 Å². The van der Waals surface area contributed by atoms with E-state index < -0.39 is 11.9 Å². The van der Waals surface area contributed by atoms with Crippen molar-refractivity contribution in [2.45, 2.75) is 19.3 Å². The van der Waals surface area contributed by atoms with Crippen LogP contribution in [0.1, 0.15) is 18.4 Å². The third-order valence-electron chi connectivity index (χ3n) is 4.24. The molecule has 1 unspecified atom stereocenters. The summed E-state index contributed by atoms with van der Waals surface area (Å²) in [7, 11) is 0. The average Bonchev–Trinajstić information content (AvgIpc) is 2.94. The summed E-state index contributed by atoms with van der Waals surface area (Å²) in [4.78, 5) is 24.0. The van der Waals surface area contributed by atoms with Crippen LogP contribution >= 0.6 is 0 Å². The van der Waals surface area contributed by atoms with Crippen LogP contribution in [-0.2, 0) is 11.2 Å². The van der Waals surface area contributed by atoms with Gasteiger partial charge in [-0.15, -0.1) is 0 Å². The molecule has 3 rings (SSSR count). The van der Waals surface area contributed by atoms with Crippen molar-refractivity contribution in [1.29, 1.82) is 0 Å². The molecule has 1 aromatic rings. The fraction of sp³-hybridized carbons (Fsp3) is 0.500. The quantitative estimate of drug-likeness (QED) is 0.652. The van der Waals surface area contributed by atoms with Gasteiger partial charge in [-0.1, -0.05) is 0 Å². The number of benzene rings is 1. The summed E-state index contributed by atoms with van der Waals surface area (Å²) in [6.45, 7) is 1.77. The minimum absolute atomic E-state index is 0.0727. The second-order valence-corrected chi connectivity index (χ2v) is 5.52. The van der Waals surface area contributed by atoms with E-state index in [1.807, 2.05) is 4.90 Å². The number of nitro benzene ring substituents is 1. The van der Waals surface area contributed by atoms with Crippen LogP contribution in [0.3, 0.4) is 0 Å². The number of piperidine rings is 1. The van der Waals surface area contributed by atoms with Crippen molar-refractivity contribution >= 4 is 23.0 Å². The maximum atomic E-state index is 11.3. The second kappa shape index (κ2) is 5.23. The summed E-state index contributed by atoms with van der Waals surface area (Å²) in [5.41, 5.74) is 2.54. The molecule has 112 valence electrons. The highest BCUT2D eigenvalue weighted by atomic mass is 16.6. The lowest BCUT2D eigenvalue weighted by molar-refractivity contribution is -0.384. The summed E-state index contributed by atoms with van der Waals surface area (Å²) >= 11 is 0. The number of carboxylic acids is 1. The molecule has 0 aromatic heterocycles. The lowest BCUT2D eigenvalue weighted by Gasteiger charge is -2.33. The molecule has 21 heavy (non-hydrogen) atoms. The number of nitrogens with zero attached hydrogens (tertiary/aromatic N) is 2. The summed E-state index contributed by atoms with van der Waals surface area (Å²) in [6, 6.07) is 3.25. The number of nitrogens with one attached hydrogen (secondary N) is 1. The van der Waals surface area contributed by atoms with Crippen molar-refractivity contribution in [2.24, 2.45) is 5.92 Å². The molecule has 1 saturated heterocycles. The Labute approximate surface area is 121 Å². The molecule has 2 heterocycles. The highest BCUT2D eigenvalue weighted by Crippen LogP contribution is 2.40. The Morgan fingerprint density at radius 3 is 3.00 bits per heavy atom. The van der Waals surface area contributed by atoms with E-state index in [1.165, 1.54) is 6.07 Å². The van der Waals surface area contributed by atoms with Crippen LogP contribution in [0.4, 0.5) is 17.1 Å². The summed E-state index contributed by atoms with van der Waals surface area (Å²) < 4.78 is 0. The normalized spacial score (nSPS) is 20.8. The van der Waals surface area contributed by atoms with Crippen LogP contribution in [0.15, 0.2) is 12.1 Å². The molecule has 0 saturated carbocycles. The zero-order valence-corrected chi connectivity index (χ0v) is 11.5. The maximum absolute atomic E-state index is 11.3. The summed E-state index contributed by atoms with van der Waals surface area (Å²) in [5.74, 6) is -1.28. The van der Waals surface area contributed by atoms with Crippen LogP contribution in [0.2, 0.25) is 0 Å². The second-order valence-electron chi connectivity index (χ2n) is 5.52. The Bertz CT molecular complexity index is 602. The van der Waals surface area contributed by atoms with E-state index in [0.29, 0.717) is 25.2 Å². The van der Waals surface area contributed by atoms with Gasteiger partial charge in [0.1, 0.15) is 5.69 Å². The molecule has 0 bridgehead atoms. The Balaban J connectivity index is 2.02. The Morgan fingerprint density at radius 1 is 1.48 bits per heavy atom. The molecule has 1 aromatic carbocycles. The van der Waals surface area contributed by atoms with Gasteiger partial charge in [-0.25, -0.2) is 0 Å². The maximum Gasteiger partial charge on any atom is 0.308 e. The SMILES string of the molecule is O=C(O)C1CCCN(c2c([N+](=O)[O-])ccc3c2CCN3)C1. The average molecular weight is 291 g/mol. The van der Waals surface area contributed by atoms with Crippen molar-refractivity contribution in [1.82, 2.24) is 0 Å². The summed E-state index contributed by atoms with van der Waals surface area (Å²) in [5, 5.41) is 23.7. The van der Waals surface area contributed by atoms with Gasteiger partial charge >= 0.3 is 5.97 Å². The zero-order valence-electron chi connectivity index (χ0n) is 11.5. The van der Waals surface area contributed by atoms with E-state index in [4.69, 9.17) is 0 Å². The standard InChI is InChI=1S/C14H17N3O4/c18-14(19)9-2-1-7-16(8-9)13-10-5-6-15-11(10)3-4-12(13)17(20)21/h3-4,9,15H,1-2,5-8H2,(H,18,19). The molecule has 2 aliphatic heterocycles. The van der Waals surface area contributed by atoms with Gasteiger partial charge in [0.15, 0.2) is 0 Å². The van der Waals surface area contributed by atoms with E-state index >= 15 is 0 Å². The van der Waals surface area contributed by atoms with Crippen LogP contribution in [0, 0.1) is 16.0 Å². The van der Waals surface area contributed by atoms with E-state index in [2.05, 4.69) is 5.32 Å². The zero-order chi connectivity index (χ0) is 15.0. The number of nitro groups is 1. The third kappa shape index (κ3) is 2.39. The van der Waals surface area contributed by atoms with Crippen molar-refractivity contribution in [3.05, 3.63) is 27.8 Å². The van der Waals surface area contributed by atoms with Crippen molar-refractivity contribution in [3.63, 3.8) is 0 Å². The first-order chi connectivity index (χ1) is 10.1. The lowest BCUT2D eigenvalue weighted by Crippen LogP contribution is -2.39. The van der Waals surface area contributed by atoms with Crippen LogP contribution in [-0.4, -0.2) is 35.6 Å². The van der Waals surface area contributed by atoms with E-state index in [0.717, 1.165) is 30.6 Å². The number of rotatable bonds is 3. The summed E-state index contributed by atoms with van der Waals surface area (Å²) in [6.07, 6.45) is 2.11. The molecule has 0 aliphatic carbocycles. The molecule has 2 N–H and O–H groups in total. The monoisotopic (exact) mass is 291 g/mol. The minimum Gasteiger partial charge on any atom is -0.481 e. The van der Waals surface area contributed by atoms with Gasteiger partial charge < -0.3 is 15.3 Å². The highest BCUT2D eigenvalue weighted by Gasteiger charge is 2.32. The van der Waals surface area contributed by atoms with Gasteiger partial charge in [-0.3, -0.25) is 14.9 Å². The van der Waals surface area contributed by atoms with E-state index in [1.54, 1.807) is 6.07 Å². The molecule has 1 atom stereocenters. The number of carboxylic acid groups (broad SMARTS) is 1. The lowest BCUT2D eigenvalue weighted by atomic mass is 9.96. The minimum atomic E-state index is -0.826. The largest absolute Gasteiger partial charge is 0.481 e. The highest BCUT2D eigenvalue weighted by molar-refractivity contribution is 5.79. The van der Waals surface area contributed by atoms with E-state index in [9.17, 15) is 20.0 Å². The third-order valence-corrected chi connectivity index (χ3v) is 4.24. The van der Waals surface area contributed by atoms with Crippen molar-refractivity contribution in [3.8, 4) is 0 Å². The number of fused-ring (bicyclic) bond motifs is 1. The van der Waals surface area contributed by atoms with Crippen molar-refractivity contribution < 1.29 is 14.8 Å². The topological polar surface area (TPSA) is 95.7 Å². The van der Waals surface area contributed by atoms with Gasteiger partial charge in [-0.2, -0.15) is 0 Å². The first kappa shape index (κ1) is 13.7. The predicted octanol–water partition coefficient (Wildman–Crippen LogP) is 1.86. The molecule has 0 radical (unpaired) electrons. The van der Waals surface area contributed by atoms with Crippen LogP contribution < -0.4 is 10.2 Å². The molecule has 7 nitrogen and oxygen atoms in total.